The molecule has 0 aliphatic heterocycles. The van der Waals surface area contributed by atoms with E-state index in [9.17, 15) is 10.1 Å². The van der Waals surface area contributed by atoms with E-state index in [1.807, 2.05) is 38.1 Å². The molecule has 3 rings (SSSR count). The number of carbonyl (C=O) groups is 1. The van der Waals surface area contributed by atoms with Crippen LogP contribution in [0.25, 0.3) is 12.0 Å². The van der Waals surface area contributed by atoms with Crippen LogP contribution in [-0.4, -0.2) is 32.8 Å². The largest absolute Gasteiger partial charge is 0.497 e. The maximum Gasteiger partial charge on any atom is 0.252 e. The lowest BCUT2D eigenvalue weighted by atomic mass is 10.2. The van der Waals surface area contributed by atoms with Crippen LogP contribution in [-0.2, 0) is 4.79 Å². The van der Waals surface area contributed by atoms with Crippen LogP contribution in [0.5, 0.6) is 5.75 Å². The van der Waals surface area contributed by atoms with E-state index < -0.39 is 5.91 Å². The zero-order valence-corrected chi connectivity index (χ0v) is 15.7. The molecule has 0 atom stereocenters. The van der Waals surface area contributed by atoms with Gasteiger partial charge in [0.1, 0.15) is 17.4 Å². The van der Waals surface area contributed by atoms with Gasteiger partial charge >= 0.3 is 0 Å². The summed E-state index contributed by atoms with van der Waals surface area (Å²) in [5, 5.41) is 16.2. The highest BCUT2D eigenvalue weighted by Gasteiger charge is 2.16. The number of hydrogen-bond donors (Lipinski definition) is 1. The average Bonchev–Trinajstić information content (AvgIpc) is 3.08. The number of carbonyl (C=O) groups excluding carboxylic acids is 1. The number of aromatic nitrogens is 4. The molecule has 1 N–H and O–H groups in total. The van der Waals surface area contributed by atoms with E-state index in [1.54, 1.807) is 25.3 Å². The Morgan fingerprint density at radius 3 is 2.50 bits per heavy atom. The van der Waals surface area contributed by atoms with Gasteiger partial charge in [-0.3, -0.25) is 4.79 Å². The van der Waals surface area contributed by atoms with Gasteiger partial charge in [-0.25, -0.2) is 9.97 Å². The molecule has 0 aliphatic carbocycles. The predicted octanol–water partition coefficient (Wildman–Crippen LogP) is 2.81. The molecule has 1 aromatic carbocycles. The summed E-state index contributed by atoms with van der Waals surface area (Å²) in [5.41, 5.74) is 2.57. The number of amides is 1. The van der Waals surface area contributed by atoms with Gasteiger partial charge in [-0.1, -0.05) is 12.1 Å². The topological polar surface area (TPSA) is 106 Å². The Hall–Kier alpha value is -3.99. The van der Waals surface area contributed by atoms with Gasteiger partial charge in [0.15, 0.2) is 5.82 Å². The average molecular weight is 374 g/mol. The Labute approximate surface area is 162 Å². The summed E-state index contributed by atoms with van der Waals surface area (Å²) in [4.78, 5) is 21.0. The minimum Gasteiger partial charge on any atom is -0.497 e. The Kier molecular flexibility index (Phi) is 5.46. The molecule has 8 heteroatoms. The van der Waals surface area contributed by atoms with E-state index in [0.29, 0.717) is 0 Å². The third-order valence-corrected chi connectivity index (χ3v) is 3.83. The Morgan fingerprint density at radius 1 is 1.21 bits per heavy atom. The second-order valence-electron chi connectivity index (χ2n) is 5.98. The zero-order valence-electron chi connectivity index (χ0n) is 15.7. The molecule has 2 heterocycles. The van der Waals surface area contributed by atoms with Crippen LogP contribution in [0.2, 0.25) is 0 Å². The van der Waals surface area contributed by atoms with Crippen LogP contribution in [0, 0.1) is 25.2 Å². The highest BCUT2D eigenvalue weighted by atomic mass is 16.5. The van der Waals surface area contributed by atoms with E-state index in [-0.39, 0.29) is 17.3 Å². The quantitative estimate of drug-likeness (QED) is 0.689. The first kappa shape index (κ1) is 18.8. The molecule has 0 saturated heterocycles. The molecule has 140 valence electrons. The minimum absolute atomic E-state index is 0.217. The number of ether oxygens (including phenoxy) is 1. The minimum atomic E-state index is -0.404. The first-order chi connectivity index (χ1) is 13.5. The second-order valence-corrected chi connectivity index (χ2v) is 5.98. The number of rotatable bonds is 5. The molecule has 0 saturated carbocycles. The lowest BCUT2D eigenvalue weighted by Crippen LogP contribution is -2.15. The van der Waals surface area contributed by atoms with Gasteiger partial charge < -0.3 is 10.1 Å². The number of nitrogens with zero attached hydrogens (tertiary/aromatic N) is 5. The smallest absolute Gasteiger partial charge is 0.252 e. The highest BCUT2D eigenvalue weighted by Crippen LogP contribution is 2.18. The van der Waals surface area contributed by atoms with Crippen LogP contribution in [0.1, 0.15) is 22.5 Å². The number of nitrogens with one attached hydrogen (secondary N) is 1. The van der Waals surface area contributed by atoms with Gasteiger partial charge in [0.25, 0.3) is 5.95 Å². The van der Waals surface area contributed by atoms with Gasteiger partial charge in [-0.15, -0.1) is 0 Å². The first-order valence-electron chi connectivity index (χ1n) is 8.44. The van der Waals surface area contributed by atoms with Gasteiger partial charge in [-0.2, -0.15) is 15.0 Å². The van der Waals surface area contributed by atoms with E-state index in [1.165, 1.54) is 17.0 Å². The highest BCUT2D eigenvalue weighted by molar-refractivity contribution is 6.02. The van der Waals surface area contributed by atoms with E-state index in [0.717, 1.165) is 22.7 Å². The lowest BCUT2D eigenvalue weighted by Gasteiger charge is -2.08. The van der Waals surface area contributed by atoms with Crippen molar-refractivity contribution < 1.29 is 9.53 Å². The molecule has 0 spiro atoms. The molecule has 0 radical (unpaired) electrons. The normalized spacial score (nSPS) is 10.6. The van der Waals surface area contributed by atoms with Crippen LogP contribution >= 0.6 is 0 Å². The molecular weight excluding hydrogens is 356 g/mol. The molecule has 0 fully saturated rings. The van der Waals surface area contributed by atoms with Crippen molar-refractivity contribution in [2.45, 2.75) is 13.8 Å². The fourth-order valence-electron chi connectivity index (χ4n) is 2.55. The number of hydrogen-bond acceptors (Lipinski definition) is 6. The Bertz CT molecular complexity index is 1060. The third-order valence-electron chi connectivity index (χ3n) is 3.83. The van der Waals surface area contributed by atoms with Crippen molar-refractivity contribution in [2.75, 3.05) is 12.4 Å². The van der Waals surface area contributed by atoms with Crippen molar-refractivity contribution in [3.8, 4) is 17.8 Å². The fourth-order valence-corrected chi connectivity index (χ4v) is 2.55. The van der Waals surface area contributed by atoms with Crippen LogP contribution in [0.3, 0.4) is 0 Å². The van der Waals surface area contributed by atoms with Crippen LogP contribution in [0.4, 0.5) is 5.82 Å². The Morgan fingerprint density at radius 2 is 1.89 bits per heavy atom. The van der Waals surface area contributed by atoms with Gasteiger partial charge in [0, 0.05) is 17.5 Å². The molecular formula is C20H18N6O2. The molecule has 0 bridgehead atoms. The molecule has 0 unspecified atom stereocenters. The first-order valence-corrected chi connectivity index (χ1v) is 8.44. The molecule has 0 aliphatic rings. The summed E-state index contributed by atoms with van der Waals surface area (Å²) in [6.45, 7) is 3.67. The van der Waals surface area contributed by atoms with E-state index >= 15 is 0 Å². The van der Waals surface area contributed by atoms with Crippen molar-refractivity contribution in [1.29, 1.82) is 5.26 Å². The number of anilines is 1. The van der Waals surface area contributed by atoms with Gasteiger partial charge in [0.05, 0.1) is 13.3 Å². The fraction of sp³-hybridized carbons (Fsp3) is 0.150. The number of benzene rings is 1. The van der Waals surface area contributed by atoms with Crippen molar-refractivity contribution in [2.24, 2.45) is 0 Å². The van der Waals surface area contributed by atoms with Crippen molar-refractivity contribution in [3.05, 3.63) is 65.1 Å². The summed E-state index contributed by atoms with van der Waals surface area (Å²) >= 11 is 0. The summed E-state index contributed by atoms with van der Waals surface area (Å²) < 4.78 is 6.45. The van der Waals surface area contributed by atoms with Gasteiger partial charge in [0.2, 0.25) is 5.91 Å². The maximum atomic E-state index is 12.4. The van der Waals surface area contributed by atoms with E-state index in [4.69, 9.17) is 4.74 Å². The van der Waals surface area contributed by atoms with Crippen LogP contribution < -0.4 is 10.1 Å². The second kappa shape index (κ2) is 8.14. The number of aryl methyl sites for hydroxylation is 2. The number of nitriles is 1. The summed E-state index contributed by atoms with van der Waals surface area (Å²) in [5.74, 6) is 0.835. The monoisotopic (exact) mass is 374 g/mol. The number of methoxy groups -OCH3 is 1. The standard InChI is InChI=1S/C20H18N6O2/c1-13-10-14(2)24-20(23-13)26-19(16(11-21)12-22-26)25-18(27)9-6-15-4-7-17(28-3)8-5-15/h4-10,12H,1-3H3,(H,25,27)/b9-6+. The van der Waals surface area contributed by atoms with Crippen LogP contribution in [0.15, 0.2) is 42.6 Å². The molecule has 1 amide bonds. The predicted molar refractivity (Wildman–Crippen MR) is 104 cm³/mol. The molecule has 28 heavy (non-hydrogen) atoms. The van der Waals surface area contributed by atoms with Gasteiger partial charge in [-0.05, 0) is 43.7 Å². The lowest BCUT2D eigenvalue weighted by molar-refractivity contribution is -0.111. The van der Waals surface area contributed by atoms with Crippen molar-refractivity contribution in [3.63, 3.8) is 0 Å². The van der Waals surface area contributed by atoms with E-state index in [2.05, 4.69) is 20.4 Å². The summed E-state index contributed by atoms with van der Waals surface area (Å²) in [7, 11) is 1.59. The maximum absolute atomic E-state index is 12.4. The third kappa shape index (κ3) is 4.22. The summed E-state index contributed by atoms with van der Waals surface area (Å²) in [6.07, 6.45) is 4.40. The van der Waals surface area contributed by atoms with Crippen molar-refractivity contribution in [1.82, 2.24) is 19.7 Å². The van der Waals surface area contributed by atoms with Crippen molar-refractivity contribution >= 4 is 17.8 Å². The molecule has 8 nitrogen and oxygen atoms in total. The SMILES string of the molecule is COc1ccc(/C=C/C(=O)Nc2c(C#N)cnn2-c2nc(C)cc(C)n2)cc1. The zero-order chi connectivity index (χ0) is 20.1. The Balaban J connectivity index is 1.84. The molecule has 2 aromatic heterocycles. The molecule has 3 aromatic rings. The summed E-state index contributed by atoms with van der Waals surface area (Å²) in [6, 6.07) is 11.1.